The van der Waals surface area contributed by atoms with Crippen molar-refractivity contribution in [3.05, 3.63) is 89.2 Å². The van der Waals surface area contributed by atoms with Crippen molar-refractivity contribution in [2.24, 2.45) is 0 Å². The van der Waals surface area contributed by atoms with Crippen molar-refractivity contribution < 1.29 is 17.5 Å². The van der Waals surface area contributed by atoms with E-state index in [-0.39, 0.29) is 14.8 Å². The Morgan fingerprint density at radius 2 is 1.74 bits per heavy atom. The highest BCUT2D eigenvalue weighted by Gasteiger charge is 2.21. The first-order valence-electron chi connectivity index (χ1n) is 7.69. The van der Waals surface area contributed by atoms with Gasteiger partial charge in [0.25, 0.3) is 0 Å². The third-order valence-electron chi connectivity index (χ3n) is 3.17. The molecule has 144 valence electrons. The van der Waals surface area contributed by atoms with Crippen LogP contribution in [0.5, 0.6) is 5.75 Å². The van der Waals surface area contributed by atoms with Gasteiger partial charge in [-0.2, -0.15) is 0 Å². The topological polar surface area (TPSA) is 43.4 Å². The third-order valence-corrected chi connectivity index (χ3v) is 5.65. The monoisotopic (exact) mass is 428 g/mol. The zero-order valence-electron chi connectivity index (χ0n) is 14.8. The van der Waals surface area contributed by atoms with Gasteiger partial charge in [0, 0.05) is 5.02 Å². The summed E-state index contributed by atoms with van der Waals surface area (Å²) in [5, 5.41) is 0.419. The molecule has 3 nitrogen and oxygen atoms in total. The molecule has 0 aliphatic heterocycles. The molecule has 7 heteroatoms. The lowest BCUT2D eigenvalue weighted by molar-refractivity contribution is 0.444. The summed E-state index contributed by atoms with van der Waals surface area (Å²) in [6, 6.07) is 10.4. The van der Waals surface area contributed by atoms with Gasteiger partial charge in [-0.05, 0) is 61.5 Å². The van der Waals surface area contributed by atoms with E-state index < -0.39 is 9.84 Å². The molecular formula is C20H19Cl2FO3S. The van der Waals surface area contributed by atoms with E-state index in [1.54, 1.807) is 30.4 Å². The number of halogens is 3. The van der Waals surface area contributed by atoms with E-state index in [1.165, 1.54) is 30.3 Å². The fourth-order valence-electron chi connectivity index (χ4n) is 2.04. The first kappa shape index (κ1) is 23.0. The lowest BCUT2D eigenvalue weighted by atomic mass is 10.3. The van der Waals surface area contributed by atoms with Gasteiger partial charge in [0.2, 0.25) is 9.84 Å². The highest BCUT2D eigenvalue weighted by atomic mass is 35.5. The van der Waals surface area contributed by atoms with E-state index in [0.29, 0.717) is 23.7 Å². The minimum atomic E-state index is -3.77. The van der Waals surface area contributed by atoms with Crippen molar-refractivity contribution in [2.45, 2.75) is 16.7 Å². The highest BCUT2D eigenvalue weighted by Crippen LogP contribution is 2.31. The van der Waals surface area contributed by atoms with Crippen molar-refractivity contribution in [1.82, 2.24) is 0 Å². The molecule has 2 rings (SSSR count). The normalized spacial score (nSPS) is 11.7. The van der Waals surface area contributed by atoms with Gasteiger partial charge in [0.15, 0.2) is 0 Å². The third kappa shape index (κ3) is 6.24. The molecule has 0 fully saturated rings. The Bertz CT molecular complexity index is 934. The molecule has 0 unspecified atom stereocenters. The van der Waals surface area contributed by atoms with Crippen LogP contribution in [0.3, 0.4) is 0 Å². The van der Waals surface area contributed by atoms with Crippen molar-refractivity contribution in [2.75, 3.05) is 7.18 Å². The average Bonchev–Trinajstić information content (AvgIpc) is 2.66. The summed E-state index contributed by atoms with van der Waals surface area (Å²) in [4.78, 5) is 0.0702. The molecule has 0 heterocycles. The van der Waals surface area contributed by atoms with E-state index >= 15 is 0 Å². The van der Waals surface area contributed by atoms with Gasteiger partial charge in [-0.3, -0.25) is 4.39 Å². The first-order chi connectivity index (χ1) is 12.9. The van der Waals surface area contributed by atoms with Crippen LogP contribution < -0.4 is 4.74 Å². The molecule has 0 amide bonds. The second kappa shape index (κ2) is 10.9. The Balaban J connectivity index is 0.00000176. The molecule has 2 aromatic carbocycles. The molecule has 0 radical (unpaired) electrons. The zero-order valence-corrected chi connectivity index (χ0v) is 17.2. The smallest absolute Gasteiger partial charge is 0.208 e. The predicted molar refractivity (Wildman–Crippen MR) is 109 cm³/mol. The van der Waals surface area contributed by atoms with Crippen molar-refractivity contribution in [3.63, 3.8) is 0 Å². The molecule has 0 aromatic heterocycles. The number of hydrogen-bond acceptors (Lipinski definition) is 3. The molecule has 0 atom stereocenters. The number of rotatable bonds is 6. The Morgan fingerprint density at radius 3 is 2.30 bits per heavy atom. The largest absolute Gasteiger partial charge is 0.457 e. The van der Waals surface area contributed by atoms with E-state index in [9.17, 15) is 12.8 Å². The number of allylic oxidation sites excluding steroid dienone is 4. The SMILES string of the molecule is C=C/C=C(\C=C/C)Oc1ccc(S(=O)(=O)c2cc(Cl)ccc2Cl)cc1.CF. The molecule has 0 aliphatic carbocycles. The van der Waals surface area contributed by atoms with Crippen LogP contribution in [0.1, 0.15) is 6.92 Å². The minimum Gasteiger partial charge on any atom is -0.457 e. The van der Waals surface area contributed by atoms with Gasteiger partial charge < -0.3 is 4.74 Å². The van der Waals surface area contributed by atoms with Crippen LogP contribution >= 0.6 is 23.2 Å². The first-order valence-corrected chi connectivity index (χ1v) is 9.93. The maximum Gasteiger partial charge on any atom is 0.208 e. The van der Waals surface area contributed by atoms with Crippen molar-refractivity contribution >= 4 is 33.0 Å². The summed E-state index contributed by atoms with van der Waals surface area (Å²) in [5.41, 5.74) is 0. The molecule has 2 aromatic rings. The number of ether oxygens (including phenoxy) is 1. The molecule has 0 N–H and O–H groups in total. The predicted octanol–water partition coefficient (Wildman–Crippen LogP) is 6.44. The van der Waals surface area contributed by atoms with Crippen molar-refractivity contribution in [1.29, 1.82) is 0 Å². The minimum absolute atomic E-state index is 0.0310. The maximum absolute atomic E-state index is 12.7. The summed E-state index contributed by atoms with van der Waals surface area (Å²) < 4.78 is 40.6. The van der Waals surface area contributed by atoms with Crippen LogP contribution in [-0.4, -0.2) is 15.6 Å². The average molecular weight is 429 g/mol. The number of alkyl halides is 1. The molecule has 0 spiro atoms. The zero-order chi connectivity index (χ0) is 20.4. The lowest BCUT2D eigenvalue weighted by Crippen LogP contribution is -2.03. The second-order valence-corrected chi connectivity index (χ2v) is 7.72. The van der Waals surface area contributed by atoms with Crippen molar-refractivity contribution in [3.8, 4) is 5.75 Å². The second-order valence-electron chi connectivity index (χ2n) is 4.96. The summed E-state index contributed by atoms with van der Waals surface area (Å²) in [6.07, 6.45) is 6.92. The maximum atomic E-state index is 12.7. The van der Waals surface area contributed by atoms with Gasteiger partial charge in [0.1, 0.15) is 11.5 Å². The van der Waals surface area contributed by atoms with E-state index in [0.717, 1.165) is 0 Å². The molecule has 0 saturated carbocycles. The number of benzene rings is 2. The molecule has 27 heavy (non-hydrogen) atoms. The van der Waals surface area contributed by atoms with Gasteiger partial charge in [0.05, 0.1) is 22.0 Å². The van der Waals surface area contributed by atoms with E-state index in [2.05, 4.69) is 6.58 Å². The van der Waals surface area contributed by atoms with Crippen LogP contribution in [-0.2, 0) is 9.84 Å². The van der Waals surface area contributed by atoms with Crippen LogP contribution in [0.2, 0.25) is 10.0 Å². The van der Waals surface area contributed by atoms with Gasteiger partial charge in [-0.1, -0.05) is 41.9 Å². The Labute approximate surface area is 169 Å². The molecular weight excluding hydrogens is 410 g/mol. The Kier molecular flexibility index (Phi) is 9.29. The quantitative estimate of drug-likeness (QED) is 0.392. The fourth-order valence-corrected chi connectivity index (χ4v) is 4.05. The Hall–Kier alpha value is -2.08. The fraction of sp³-hybridized carbons (Fsp3) is 0.100. The summed E-state index contributed by atoms with van der Waals surface area (Å²) >= 11 is 11.9. The van der Waals surface area contributed by atoms with Crippen LogP contribution in [0, 0.1) is 0 Å². The highest BCUT2D eigenvalue weighted by molar-refractivity contribution is 7.91. The van der Waals surface area contributed by atoms with Gasteiger partial charge in [-0.15, -0.1) is 0 Å². The molecule has 0 saturated heterocycles. The lowest BCUT2D eigenvalue weighted by Gasteiger charge is -2.09. The summed E-state index contributed by atoms with van der Waals surface area (Å²) in [5.74, 6) is 1.09. The summed E-state index contributed by atoms with van der Waals surface area (Å²) in [7, 11) is -3.27. The standard InChI is InChI=1S/C19H16Cl2O3S.CH3F/c1-3-5-15(6-4-2)24-16-8-10-17(11-9-16)25(22,23)19-13-14(20)7-12-18(19)21;1-2/h3-13H,1H2,2H3;1H3/b6-4-,15-5+;. The number of hydrogen-bond donors (Lipinski definition) is 0. The van der Waals surface area contributed by atoms with E-state index in [1.807, 2.05) is 13.0 Å². The number of sulfone groups is 1. The molecule has 0 bridgehead atoms. The molecule has 0 aliphatic rings. The Morgan fingerprint density at radius 1 is 1.11 bits per heavy atom. The van der Waals surface area contributed by atoms with E-state index in [4.69, 9.17) is 27.9 Å². The summed E-state index contributed by atoms with van der Waals surface area (Å²) in [6.45, 7) is 5.49. The van der Waals surface area contributed by atoms with Gasteiger partial charge >= 0.3 is 0 Å². The van der Waals surface area contributed by atoms with Crippen LogP contribution in [0.4, 0.5) is 4.39 Å². The van der Waals surface area contributed by atoms with Crippen LogP contribution in [0.15, 0.2) is 88.9 Å². The van der Waals surface area contributed by atoms with Gasteiger partial charge in [-0.25, -0.2) is 8.42 Å². The van der Waals surface area contributed by atoms with Crippen LogP contribution in [0.25, 0.3) is 0 Å².